The number of nitrogens with zero attached hydrogens (tertiary/aromatic N) is 1. The number of rotatable bonds is 5. The van der Waals surface area contributed by atoms with Crippen LogP contribution in [0.1, 0.15) is 15.9 Å². The molecule has 4 rings (SSSR count). The van der Waals surface area contributed by atoms with E-state index >= 15 is 0 Å². The minimum atomic E-state index is -4.02. The number of halogens is 1. The number of fused-ring (bicyclic) bond motifs is 1. The molecular weight excluding hydrogens is 436 g/mol. The topological polar surface area (TPSA) is 84.8 Å². The highest BCUT2D eigenvalue weighted by Gasteiger charge is 2.26. The van der Waals surface area contributed by atoms with Gasteiger partial charge in [-0.3, -0.25) is 4.79 Å². The summed E-state index contributed by atoms with van der Waals surface area (Å²) in [6.07, 6.45) is 1.44. The van der Waals surface area contributed by atoms with Crippen LogP contribution in [-0.2, 0) is 10.0 Å². The van der Waals surface area contributed by atoms with Crippen molar-refractivity contribution in [3.8, 4) is 5.75 Å². The van der Waals surface area contributed by atoms with Gasteiger partial charge in [-0.15, -0.1) is 0 Å². The Kier molecular flexibility index (Phi) is 5.63. The summed E-state index contributed by atoms with van der Waals surface area (Å²) in [4.78, 5) is 13.1. The molecule has 0 unspecified atom stereocenters. The first-order valence-corrected chi connectivity index (χ1v) is 11.1. The second kappa shape index (κ2) is 8.37. The zero-order valence-electron chi connectivity index (χ0n) is 16.4. The molecule has 1 N–H and O–H groups in total. The quantitative estimate of drug-likeness (QED) is 0.605. The number of carbonyl (C=O) groups excluding carboxylic acids is 1. The van der Waals surface area contributed by atoms with Crippen molar-refractivity contribution >= 4 is 38.8 Å². The number of para-hydroxylation sites is 2. The Morgan fingerprint density at radius 3 is 2.26 bits per heavy atom. The fourth-order valence-electron chi connectivity index (χ4n) is 3.18. The number of hydrogen-bond acceptors (Lipinski definition) is 5. The van der Waals surface area contributed by atoms with Crippen molar-refractivity contribution in [3.63, 3.8) is 0 Å². The van der Waals surface area contributed by atoms with Gasteiger partial charge in [0.25, 0.3) is 10.0 Å². The van der Waals surface area contributed by atoms with Gasteiger partial charge in [0.15, 0.2) is 0 Å². The summed E-state index contributed by atoms with van der Waals surface area (Å²) in [6.45, 7) is 0. The van der Waals surface area contributed by atoms with E-state index in [0.717, 1.165) is 0 Å². The molecule has 31 heavy (non-hydrogen) atoms. The highest BCUT2D eigenvalue weighted by Crippen LogP contribution is 2.29. The molecule has 8 heteroatoms. The van der Waals surface area contributed by atoms with Crippen LogP contribution in [0.3, 0.4) is 0 Å². The smallest absolute Gasteiger partial charge is 0.282 e. The monoisotopic (exact) mass is 452 g/mol. The van der Waals surface area contributed by atoms with Crippen molar-refractivity contribution < 1.29 is 17.9 Å². The van der Waals surface area contributed by atoms with Gasteiger partial charge in [0.1, 0.15) is 5.75 Å². The van der Waals surface area contributed by atoms with E-state index < -0.39 is 10.0 Å². The standard InChI is InChI=1S/C23H17ClN2O4S/c1-30-22-9-5-4-8-19(22)25-21-14-20(17-6-2-3-7-18(17)23(21)27)26-31(28,29)16-12-10-15(24)11-13-16/h2-14,25H,1H3. The minimum Gasteiger partial charge on any atom is -0.495 e. The molecule has 156 valence electrons. The molecule has 1 aliphatic rings. The molecule has 0 aliphatic heterocycles. The second-order valence-electron chi connectivity index (χ2n) is 6.66. The Bertz CT molecular complexity index is 1330. The summed E-state index contributed by atoms with van der Waals surface area (Å²) in [6, 6.07) is 19.6. The van der Waals surface area contributed by atoms with Crippen LogP contribution < -0.4 is 10.1 Å². The van der Waals surface area contributed by atoms with E-state index in [4.69, 9.17) is 16.3 Å². The molecule has 0 heterocycles. The van der Waals surface area contributed by atoms with Gasteiger partial charge in [-0.05, 0) is 42.5 Å². The van der Waals surface area contributed by atoms with E-state index in [0.29, 0.717) is 27.6 Å². The fraction of sp³-hybridized carbons (Fsp3) is 0.0435. The fourth-order valence-corrected chi connectivity index (χ4v) is 4.30. The van der Waals surface area contributed by atoms with Gasteiger partial charge in [-0.2, -0.15) is 12.8 Å². The third kappa shape index (κ3) is 4.23. The largest absolute Gasteiger partial charge is 0.495 e. The van der Waals surface area contributed by atoms with Crippen molar-refractivity contribution in [2.24, 2.45) is 4.40 Å². The Balaban J connectivity index is 1.82. The second-order valence-corrected chi connectivity index (χ2v) is 8.70. The summed E-state index contributed by atoms with van der Waals surface area (Å²) in [5, 5.41) is 3.47. The average molecular weight is 453 g/mol. The van der Waals surface area contributed by atoms with Crippen molar-refractivity contribution in [2.75, 3.05) is 12.4 Å². The minimum absolute atomic E-state index is 0.00594. The lowest BCUT2D eigenvalue weighted by molar-refractivity contribution is 0.103. The van der Waals surface area contributed by atoms with E-state index in [1.54, 1.807) is 42.5 Å². The highest BCUT2D eigenvalue weighted by atomic mass is 35.5. The van der Waals surface area contributed by atoms with E-state index in [9.17, 15) is 13.2 Å². The molecule has 0 atom stereocenters. The summed E-state index contributed by atoms with van der Waals surface area (Å²) >= 11 is 5.86. The SMILES string of the molecule is COc1ccccc1NC1=CC(=NS(=O)(=O)c2ccc(Cl)cc2)c2ccccc2C1=O. The van der Waals surface area contributed by atoms with Crippen LogP contribution in [0.15, 0.2) is 93.9 Å². The third-order valence-electron chi connectivity index (χ3n) is 4.68. The molecule has 1 aliphatic carbocycles. The lowest BCUT2D eigenvalue weighted by Gasteiger charge is -2.19. The first-order valence-electron chi connectivity index (χ1n) is 9.25. The number of nitrogens with one attached hydrogen (secondary N) is 1. The molecule has 0 radical (unpaired) electrons. The predicted octanol–water partition coefficient (Wildman–Crippen LogP) is 4.72. The number of ether oxygens (including phenoxy) is 1. The van der Waals surface area contributed by atoms with Crippen molar-refractivity contribution in [2.45, 2.75) is 4.90 Å². The molecule has 3 aromatic rings. The van der Waals surface area contributed by atoms with Crippen molar-refractivity contribution in [1.82, 2.24) is 0 Å². The van der Waals surface area contributed by atoms with Gasteiger partial charge in [-0.1, -0.05) is 48.0 Å². The third-order valence-corrected chi connectivity index (χ3v) is 6.24. The maximum absolute atomic E-state index is 13.0. The zero-order valence-corrected chi connectivity index (χ0v) is 17.9. The number of anilines is 1. The normalized spacial score (nSPS) is 14.7. The molecule has 0 saturated heterocycles. The number of ketones is 1. The number of allylic oxidation sites excluding steroid dienone is 2. The Hall–Kier alpha value is -3.42. The van der Waals surface area contributed by atoms with E-state index in [1.807, 2.05) is 6.07 Å². The van der Waals surface area contributed by atoms with E-state index in [2.05, 4.69) is 9.71 Å². The van der Waals surface area contributed by atoms with Crippen LogP contribution in [0.5, 0.6) is 5.75 Å². The number of Topliss-reactive ketones (excluding diaryl/α,β-unsaturated/α-hetero) is 1. The lowest BCUT2D eigenvalue weighted by atomic mass is 9.92. The van der Waals surface area contributed by atoms with Crippen LogP contribution >= 0.6 is 11.6 Å². The lowest BCUT2D eigenvalue weighted by Crippen LogP contribution is -2.22. The van der Waals surface area contributed by atoms with Crippen molar-refractivity contribution in [1.29, 1.82) is 0 Å². The molecular formula is C23H17ClN2O4S. The van der Waals surface area contributed by atoms with Gasteiger partial charge in [0.05, 0.1) is 29.1 Å². The first kappa shape index (κ1) is 20.8. The number of hydrogen-bond donors (Lipinski definition) is 1. The molecule has 0 saturated carbocycles. The van der Waals surface area contributed by atoms with Gasteiger partial charge < -0.3 is 10.1 Å². The molecule has 6 nitrogen and oxygen atoms in total. The van der Waals surface area contributed by atoms with Gasteiger partial charge in [0.2, 0.25) is 5.78 Å². The Morgan fingerprint density at radius 1 is 0.903 bits per heavy atom. The Morgan fingerprint density at radius 2 is 1.55 bits per heavy atom. The maximum atomic E-state index is 13.0. The summed E-state index contributed by atoms with van der Waals surface area (Å²) in [7, 11) is -2.50. The van der Waals surface area contributed by atoms with Gasteiger partial charge in [0, 0.05) is 16.1 Å². The number of carbonyl (C=O) groups is 1. The maximum Gasteiger partial charge on any atom is 0.282 e. The van der Waals surface area contributed by atoms with E-state index in [-0.39, 0.29) is 22.1 Å². The van der Waals surface area contributed by atoms with Gasteiger partial charge >= 0.3 is 0 Å². The van der Waals surface area contributed by atoms with Crippen LogP contribution in [0, 0.1) is 0 Å². The van der Waals surface area contributed by atoms with Crippen LogP contribution in [0.2, 0.25) is 5.02 Å². The van der Waals surface area contributed by atoms with Gasteiger partial charge in [-0.25, -0.2) is 0 Å². The zero-order chi connectivity index (χ0) is 22.0. The average Bonchev–Trinajstić information content (AvgIpc) is 2.77. The molecule has 0 bridgehead atoms. The molecule has 0 spiro atoms. The number of sulfonamides is 1. The summed E-state index contributed by atoms with van der Waals surface area (Å²) < 4.78 is 35.1. The highest BCUT2D eigenvalue weighted by molar-refractivity contribution is 7.90. The van der Waals surface area contributed by atoms with Crippen molar-refractivity contribution in [3.05, 3.63) is 101 Å². The Labute approximate surface area is 184 Å². The number of methoxy groups -OCH3 is 1. The number of benzene rings is 3. The van der Waals surface area contributed by atoms with Crippen LogP contribution in [-0.4, -0.2) is 27.0 Å². The molecule has 0 aromatic heterocycles. The first-order chi connectivity index (χ1) is 14.9. The summed E-state index contributed by atoms with van der Waals surface area (Å²) in [5.41, 5.74) is 1.71. The molecule has 3 aromatic carbocycles. The predicted molar refractivity (Wildman–Crippen MR) is 121 cm³/mol. The van der Waals surface area contributed by atoms with E-state index in [1.165, 1.54) is 37.5 Å². The molecule has 0 amide bonds. The van der Waals surface area contributed by atoms with Crippen LogP contribution in [0.25, 0.3) is 0 Å². The summed E-state index contributed by atoms with van der Waals surface area (Å²) in [5.74, 6) is 0.270. The molecule has 0 fully saturated rings. The van der Waals surface area contributed by atoms with Crippen LogP contribution in [0.4, 0.5) is 5.69 Å².